The lowest BCUT2D eigenvalue weighted by Crippen LogP contribution is -2.29. The molecule has 0 fully saturated rings. The van der Waals surface area contributed by atoms with Crippen molar-refractivity contribution in [1.82, 2.24) is 5.32 Å². The summed E-state index contributed by atoms with van der Waals surface area (Å²) in [6, 6.07) is 4.13. The molecule has 0 heterocycles. The van der Waals surface area contributed by atoms with Gasteiger partial charge in [0.25, 0.3) is 5.91 Å². The van der Waals surface area contributed by atoms with E-state index < -0.39 is 11.9 Å². The monoisotopic (exact) mass is 255 g/mol. The minimum absolute atomic E-state index is 0.145. The first kappa shape index (κ1) is 14.4. The predicted molar refractivity (Wildman–Crippen MR) is 65.8 cm³/mol. The Bertz CT molecular complexity index is 407. The third-order valence-corrected chi connectivity index (χ3v) is 2.36. The minimum Gasteiger partial charge on any atom is -0.484 e. The predicted octanol–water partition coefficient (Wildman–Crippen LogP) is 1.78. The van der Waals surface area contributed by atoms with Gasteiger partial charge < -0.3 is 15.2 Å². The number of amides is 1. The van der Waals surface area contributed by atoms with Crippen molar-refractivity contribution < 1.29 is 19.0 Å². The first-order valence-corrected chi connectivity index (χ1v) is 5.91. The molecule has 1 aromatic rings. The number of hydrogen-bond acceptors (Lipinski definition) is 3. The molecule has 1 atom stereocenters. The second-order valence-corrected chi connectivity index (χ2v) is 4.00. The van der Waals surface area contributed by atoms with E-state index in [0.29, 0.717) is 6.54 Å². The number of nitrogens with one attached hydrogen (secondary N) is 1. The van der Waals surface area contributed by atoms with Gasteiger partial charge in [-0.25, -0.2) is 4.39 Å². The number of aliphatic hydroxyl groups is 1. The summed E-state index contributed by atoms with van der Waals surface area (Å²) in [5, 5.41) is 11.9. The molecule has 1 rings (SSSR count). The lowest BCUT2D eigenvalue weighted by Gasteiger charge is -2.10. The van der Waals surface area contributed by atoms with E-state index in [4.69, 9.17) is 4.74 Å². The smallest absolute Gasteiger partial charge is 0.257 e. The van der Waals surface area contributed by atoms with Crippen LogP contribution in [-0.2, 0) is 4.79 Å². The maximum Gasteiger partial charge on any atom is 0.257 e. The third-order valence-electron chi connectivity index (χ3n) is 2.36. The molecule has 0 spiro atoms. The topological polar surface area (TPSA) is 58.6 Å². The van der Waals surface area contributed by atoms with E-state index in [1.807, 2.05) is 6.92 Å². The summed E-state index contributed by atoms with van der Waals surface area (Å²) in [6.07, 6.45) is -0.0180. The zero-order chi connectivity index (χ0) is 13.5. The van der Waals surface area contributed by atoms with Gasteiger partial charge in [0.2, 0.25) is 0 Å². The lowest BCUT2D eigenvalue weighted by atomic mass is 10.1. The summed E-state index contributed by atoms with van der Waals surface area (Å²) >= 11 is 0. The Kier molecular flexibility index (Phi) is 5.58. The normalized spacial score (nSPS) is 12.0. The fourth-order valence-electron chi connectivity index (χ4n) is 1.40. The Morgan fingerprint density at radius 3 is 2.83 bits per heavy atom. The first-order valence-electron chi connectivity index (χ1n) is 5.91. The third kappa shape index (κ3) is 4.33. The van der Waals surface area contributed by atoms with Crippen LogP contribution in [0.15, 0.2) is 18.2 Å². The molecule has 0 saturated carbocycles. The minimum atomic E-state index is -0.869. The van der Waals surface area contributed by atoms with Crippen molar-refractivity contribution in [3.05, 3.63) is 29.6 Å². The Balaban J connectivity index is 2.53. The van der Waals surface area contributed by atoms with Gasteiger partial charge >= 0.3 is 0 Å². The largest absolute Gasteiger partial charge is 0.484 e. The maximum absolute atomic E-state index is 13.5. The molecule has 0 aromatic heterocycles. The summed E-state index contributed by atoms with van der Waals surface area (Å²) in [5.74, 6) is -0.517. The molecular weight excluding hydrogens is 237 g/mol. The fraction of sp³-hybridized carbons (Fsp3) is 0.462. The van der Waals surface area contributed by atoms with Gasteiger partial charge in [-0.3, -0.25) is 4.79 Å². The number of carbonyl (C=O) groups is 1. The van der Waals surface area contributed by atoms with Gasteiger partial charge in [0, 0.05) is 18.2 Å². The molecule has 1 aromatic carbocycles. The second kappa shape index (κ2) is 6.96. The standard InChI is InChI=1S/C13H18FNO3/c1-3-6-15-13(17)8-18-10-4-5-11(9(2)16)12(14)7-10/h4-5,7,9,16H,3,6,8H2,1-2H3,(H,15,17)/t9-/m1/s1. The van der Waals surface area contributed by atoms with Gasteiger partial charge in [-0.2, -0.15) is 0 Å². The maximum atomic E-state index is 13.5. The van der Waals surface area contributed by atoms with Gasteiger partial charge in [-0.1, -0.05) is 6.92 Å². The summed E-state index contributed by atoms with van der Waals surface area (Å²) < 4.78 is 18.6. The van der Waals surface area contributed by atoms with Crippen molar-refractivity contribution in [2.24, 2.45) is 0 Å². The highest BCUT2D eigenvalue weighted by Gasteiger charge is 2.09. The van der Waals surface area contributed by atoms with Crippen LogP contribution >= 0.6 is 0 Å². The molecule has 100 valence electrons. The van der Waals surface area contributed by atoms with Gasteiger partial charge in [-0.05, 0) is 25.5 Å². The van der Waals surface area contributed by atoms with E-state index in [1.54, 1.807) is 0 Å². The second-order valence-electron chi connectivity index (χ2n) is 4.00. The van der Waals surface area contributed by atoms with Crippen molar-refractivity contribution in [1.29, 1.82) is 0 Å². The van der Waals surface area contributed by atoms with Crippen LogP contribution < -0.4 is 10.1 Å². The van der Waals surface area contributed by atoms with Crippen molar-refractivity contribution in [3.8, 4) is 5.75 Å². The van der Waals surface area contributed by atoms with Crippen LogP contribution in [0.1, 0.15) is 31.9 Å². The molecule has 0 unspecified atom stereocenters. The highest BCUT2D eigenvalue weighted by Crippen LogP contribution is 2.21. The summed E-state index contributed by atoms with van der Waals surface area (Å²) in [5.41, 5.74) is 0.206. The quantitative estimate of drug-likeness (QED) is 0.814. The van der Waals surface area contributed by atoms with Crippen LogP contribution in [0.5, 0.6) is 5.75 Å². The van der Waals surface area contributed by atoms with E-state index in [2.05, 4.69) is 5.32 Å². The Hall–Kier alpha value is -1.62. The van der Waals surface area contributed by atoms with Crippen LogP contribution in [0.4, 0.5) is 4.39 Å². The summed E-state index contributed by atoms with van der Waals surface area (Å²) in [4.78, 5) is 11.3. The van der Waals surface area contributed by atoms with Gasteiger partial charge in [0.1, 0.15) is 11.6 Å². The Morgan fingerprint density at radius 2 is 2.28 bits per heavy atom. The molecule has 5 heteroatoms. The molecule has 0 aliphatic rings. The molecule has 0 aliphatic carbocycles. The summed E-state index contributed by atoms with van der Waals surface area (Å²) in [7, 11) is 0. The molecular formula is C13H18FNO3. The lowest BCUT2D eigenvalue weighted by molar-refractivity contribution is -0.123. The van der Waals surface area contributed by atoms with Crippen molar-refractivity contribution in [3.63, 3.8) is 0 Å². The van der Waals surface area contributed by atoms with Gasteiger partial charge in [0.05, 0.1) is 6.10 Å². The molecule has 0 aliphatic heterocycles. The highest BCUT2D eigenvalue weighted by molar-refractivity contribution is 5.77. The van der Waals surface area contributed by atoms with Crippen LogP contribution in [0.2, 0.25) is 0 Å². The van der Waals surface area contributed by atoms with Crippen LogP contribution in [0.3, 0.4) is 0 Å². The van der Waals surface area contributed by atoms with Crippen molar-refractivity contribution in [2.75, 3.05) is 13.2 Å². The summed E-state index contributed by atoms with van der Waals surface area (Å²) in [6.45, 7) is 3.88. The zero-order valence-electron chi connectivity index (χ0n) is 10.6. The van der Waals surface area contributed by atoms with E-state index in [1.165, 1.54) is 19.1 Å². The average molecular weight is 255 g/mol. The van der Waals surface area contributed by atoms with Crippen molar-refractivity contribution >= 4 is 5.91 Å². The van der Waals surface area contributed by atoms with Crippen LogP contribution in [-0.4, -0.2) is 24.2 Å². The highest BCUT2D eigenvalue weighted by atomic mass is 19.1. The molecule has 1 amide bonds. The number of aliphatic hydroxyl groups excluding tert-OH is 1. The fourth-order valence-corrected chi connectivity index (χ4v) is 1.40. The average Bonchev–Trinajstić information content (AvgIpc) is 2.33. The molecule has 0 saturated heterocycles. The number of hydrogen-bond donors (Lipinski definition) is 2. The Labute approximate surface area is 106 Å². The van der Waals surface area contributed by atoms with Crippen LogP contribution in [0.25, 0.3) is 0 Å². The first-order chi connectivity index (χ1) is 8.54. The van der Waals surface area contributed by atoms with Gasteiger partial charge in [0.15, 0.2) is 6.61 Å². The number of carbonyl (C=O) groups excluding carboxylic acids is 1. The number of ether oxygens (including phenoxy) is 1. The van der Waals surface area contributed by atoms with E-state index in [9.17, 15) is 14.3 Å². The number of benzene rings is 1. The Morgan fingerprint density at radius 1 is 1.56 bits per heavy atom. The SMILES string of the molecule is CCCNC(=O)COc1ccc([C@@H](C)O)c(F)c1. The van der Waals surface area contributed by atoms with E-state index in [0.717, 1.165) is 12.5 Å². The molecule has 0 radical (unpaired) electrons. The number of halogens is 1. The van der Waals surface area contributed by atoms with Gasteiger partial charge in [-0.15, -0.1) is 0 Å². The zero-order valence-corrected chi connectivity index (χ0v) is 10.6. The van der Waals surface area contributed by atoms with Crippen LogP contribution in [0, 0.1) is 5.82 Å². The molecule has 18 heavy (non-hydrogen) atoms. The molecule has 2 N–H and O–H groups in total. The number of rotatable bonds is 6. The van der Waals surface area contributed by atoms with Crippen molar-refractivity contribution in [2.45, 2.75) is 26.4 Å². The molecule has 0 bridgehead atoms. The van der Waals surface area contributed by atoms with E-state index in [-0.39, 0.29) is 23.8 Å². The molecule has 4 nitrogen and oxygen atoms in total. The van der Waals surface area contributed by atoms with E-state index >= 15 is 0 Å².